The summed E-state index contributed by atoms with van der Waals surface area (Å²) in [5, 5.41) is 21.8. The lowest BCUT2D eigenvalue weighted by Gasteiger charge is -2.48. The average Bonchev–Trinajstić information content (AvgIpc) is 3.04. The molecule has 1 saturated heterocycles. The zero-order chi connectivity index (χ0) is 19.7. The lowest BCUT2D eigenvalue weighted by molar-refractivity contribution is -0.150. The lowest BCUT2D eigenvalue weighted by Crippen LogP contribution is -2.70. The number of anilines is 1. The molecule has 0 aliphatic carbocycles. The highest BCUT2D eigenvalue weighted by molar-refractivity contribution is 8.00. The molecule has 5 N–H and O–H groups in total. The largest absolute Gasteiger partial charge is 0.481 e. The summed E-state index contributed by atoms with van der Waals surface area (Å²) in [6, 6.07) is -0.908. The Bertz CT molecular complexity index is 893. The number of nitrogens with two attached hydrogens (primary N) is 1. The quantitative estimate of drug-likeness (QED) is 0.372. The molecule has 2 aliphatic heterocycles. The van der Waals surface area contributed by atoms with Crippen molar-refractivity contribution in [2.45, 2.75) is 17.8 Å². The van der Waals surface area contributed by atoms with E-state index in [1.165, 1.54) is 29.3 Å². The van der Waals surface area contributed by atoms with Gasteiger partial charge < -0.3 is 21.3 Å². The number of nitrogens with one attached hydrogen (secondary N) is 1. The van der Waals surface area contributed by atoms with E-state index in [9.17, 15) is 19.2 Å². The van der Waals surface area contributed by atoms with Gasteiger partial charge in [0.25, 0.3) is 11.8 Å². The number of aliphatic carboxylic acids is 2. The van der Waals surface area contributed by atoms with E-state index in [-0.39, 0.29) is 22.1 Å². The van der Waals surface area contributed by atoms with Crippen LogP contribution < -0.4 is 11.1 Å². The van der Waals surface area contributed by atoms with Crippen LogP contribution in [0.5, 0.6) is 0 Å². The van der Waals surface area contributed by atoms with Gasteiger partial charge in [0, 0.05) is 11.1 Å². The molecule has 0 aromatic carbocycles. The number of carbonyl (C=O) groups excluding carboxylic acids is 2. The molecule has 10 nitrogen and oxygen atoms in total. The number of carboxylic acid groups (broad SMARTS) is 2. The summed E-state index contributed by atoms with van der Waals surface area (Å²) in [6.45, 7) is 0. The van der Waals surface area contributed by atoms with Crippen LogP contribution in [-0.2, 0) is 19.2 Å². The van der Waals surface area contributed by atoms with Crippen molar-refractivity contribution in [3.05, 3.63) is 28.9 Å². The highest BCUT2D eigenvalue weighted by Gasteiger charge is 2.52. The number of hydrogen-bond acceptors (Lipinski definition) is 8. The number of amides is 2. The Hall–Kier alpha value is -2.86. The van der Waals surface area contributed by atoms with Gasteiger partial charge in [-0.05, 0) is 6.08 Å². The molecule has 3 heterocycles. The van der Waals surface area contributed by atoms with E-state index >= 15 is 0 Å². The maximum absolute atomic E-state index is 12.6. The minimum atomic E-state index is -1.21. The van der Waals surface area contributed by atoms with Crippen LogP contribution >= 0.6 is 23.1 Å². The van der Waals surface area contributed by atoms with Gasteiger partial charge in [-0.1, -0.05) is 6.08 Å². The number of nitrogen functional groups attached to an aromatic ring is 1. The van der Waals surface area contributed by atoms with Gasteiger partial charge in [0.05, 0.1) is 17.7 Å². The molecular weight excluding hydrogens is 396 g/mol. The number of β-lactam (4-membered cyclic amide) rings is 1. The van der Waals surface area contributed by atoms with Crippen LogP contribution in [0.1, 0.15) is 12.1 Å². The smallest absolute Gasteiger partial charge is 0.352 e. The summed E-state index contributed by atoms with van der Waals surface area (Å²) in [6.07, 6.45) is 2.23. The molecular formula is C15H14N4O6S2. The van der Waals surface area contributed by atoms with Gasteiger partial charge in [-0.15, -0.1) is 23.1 Å². The highest BCUT2D eigenvalue weighted by Crippen LogP contribution is 2.37. The van der Waals surface area contributed by atoms with Gasteiger partial charge in [0.2, 0.25) is 0 Å². The Morgan fingerprint density at radius 2 is 2.15 bits per heavy atom. The number of hydrogen-bond donors (Lipinski definition) is 4. The first kappa shape index (κ1) is 18.9. The average molecular weight is 410 g/mol. The second-order valence-electron chi connectivity index (χ2n) is 5.56. The molecule has 2 amide bonds. The Balaban J connectivity index is 1.78. The summed E-state index contributed by atoms with van der Waals surface area (Å²) in [7, 11) is 0. The number of thioether (sulfide) groups is 1. The first-order valence-electron chi connectivity index (χ1n) is 7.62. The molecule has 0 spiro atoms. The van der Waals surface area contributed by atoms with Gasteiger partial charge in [-0.2, -0.15) is 0 Å². The predicted molar refractivity (Wildman–Crippen MR) is 97.5 cm³/mol. The first-order chi connectivity index (χ1) is 12.8. The van der Waals surface area contributed by atoms with E-state index in [4.69, 9.17) is 15.9 Å². The number of nitrogens with zero attached hydrogens (tertiary/aromatic N) is 2. The topological polar surface area (TPSA) is 163 Å². The monoisotopic (exact) mass is 410 g/mol. The van der Waals surface area contributed by atoms with E-state index in [0.717, 1.165) is 16.2 Å². The zero-order valence-corrected chi connectivity index (χ0v) is 15.2. The number of rotatable bonds is 6. The molecule has 2 aliphatic rings. The molecule has 0 saturated carbocycles. The number of carboxylic acids is 2. The van der Waals surface area contributed by atoms with Crippen molar-refractivity contribution in [3.63, 3.8) is 0 Å². The standard InChI is InChI=1S/C15H14N4O6S2/c16-15-17-7(5-27-15)6(1-2-9(20)21)11(22)18-10-12(23)19-8(14(24)25)3-4-26-13(10)19/h1,3,5,10,13H,2,4H2,(H2,16,17)(H,18,22)(H,20,21)(H,24,25)/b6-1+/t10-,13-/m1/s1. The third-order valence-electron chi connectivity index (χ3n) is 3.88. The molecule has 1 fully saturated rings. The Morgan fingerprint density at radius 3 is 2.74 bits per heavy atom. The number of thiazole rings is 1. The molecule has 0 unspecified atom stereocenters. The van der Waals surface area contributed by atoms with Crippen molar-refractivity contribution in [2.75, 3.05) is 11.5 Å². The van der Waals surface area contributed by atoms with Crippen molar-refractivity contribution in [3.8, 4) is 0 Å². The summed E-state index contributed by atoms with van der Waals surface area (Å²) < 4.78 is 0. The van der Waals surface area contributed by atoms with E-state index in [2.05, 4.69) is 10.3 Å². The molecule has 1 aromatic rings. The van der Waals surface area contributed by atoms with Crippen molar-refractivity contribution in [1.82, 2.24) is 15.2 Å². The van der Waals surface area contributed by atoms with Crippen LogP contribution in [0.3, 0.4) is 0 Å². The van der Waals surface area contributed by atoms with Gasteiger partial charge in [0.1, 0.15) is 17.1 Å². The summed E-state index contributed by atoms with van der Waals surface area (Å²) in [5.41, 5.74) is 5.66. The van der Waals surface area contributed by atoms with Crippen LogP contribution in [0, 0.1) is 0 Å². The number of fused-ring (bicyclic) bond motifs is 1. The normalized spacial score (nSPS) is 21.8. The van der Waals surface area contributed by atoms with Gasteiger partial charge in [0.15, 0.2) is 5.13 Å². The lowest BCUT2D eigenvalue weighted by atomic mass is 10.0. The fourth-order valence-corrected chi connectivity index (χ4v) is 4.43. The van der Waals surface area contributed by atoms with Crippen molar-refractivity contribution in [1.29, 1.82) is 0 Å². The van der Waals surface area contributed by atoms with E-state index in [1.54, 1.807) is 0 Å². The third kappa shape index (κ3) is 3.66. The molecule has 0 radical (unpaired) electrons. The molecule has 1 aromatic heterocycles. The Kier molecular flexibility index (Phi) is 5.19. The molecule has 3 rings (SSSR count). The van der Waals surface area contributed by atoms with Crippen molar-refractivity contribution >= 4 is 57.6 Å². The van der Waals surface area contributed by atoms with Crippen LogP contribution in [0.4, 0.5) is 5.13 Å². The van der Waals surface area contributed by atoms with E-state index in [0.29, 0.717) is 5.75 Å². The van der Waals surface area contributed by atoms with Crippen molar-refractivity contribution in [2.24, 2.45) is 0 Å². The molecule has 12 heteroatoms. The second-order valence-corrected chi connectivity index (χ2v) is 7.60. The summed E-state index contributed by atoms with van der Waals surface area (Å²) >= 11 is 2.41. The predicted octanol–water partition coefficient (Wildman–Crippen LogP) is -0.0482. The van der Waals surface area contributed by atoms with Gasteiger partial charge >= 0.3 is 11.9 Å². The number of aromatic nitrogens is 1. The van der Waals surface area contributed by atoms with Gasteiger partial charge in [-0.25, -0.2) is 9.78 Å². The second kappa shape index (κ2) is 7.40. The van der Waals surface area contributed by atoms with Crippen LogP contribution in [0.2, 0.25) is 0 Å². The summed E-state index contributed by atoms with van der Waals surface area (Å²) in [5.74, 6) is -3.16. The third-order valence-corrected chi connectivity index (χ3v) is 5.73. The maximum atomic E-state index is 12.6. The minimum Gasteiger partial charge on any atom is -0.481 e. The fraction of sp³-hybridized carbons (Fsp3) is 0.267. The Morgan fingerprint density at radius 1 is 1.41 bits per heavy atom. The highest BCUT2D eigenvalue weighted by atomic mass is 32.2. The molecule has 142 valence electrons. The molecule has 0 bridgehead atoms. The molecule has 2 atom stereocenters. The number of carbonyl (C=O) groups is 4. The first-order valence-corrected chi connectivity index (χ1v) is 9.54. The SMILES string of the molecule is Nc1nc(/C(=C\CC(=O)O)C(=O)N[C@@H]2C(=O)N3C(C(=O)O)=CCS[C@H]23)cs1. The van der Waals surface area contributed by atoms with E-state index < -0.39 is 41.6 Å². The zero-order valence-electron chi connectivity index (χ0n) is 13.6. The van der Waals surface area contributed by atoms with Crippen molar-refractivity contribution < 1.29 is 29.4 Å². The minimum absolute atomic E-state index is 0.00795. The summed E-state index contributed by atoms with van der Waals surface area (Å²) in [4.78, 5) is 52.1. The van der Waals surface area contributed by atoms with E-state index in [1.807, 2.05) is 0 Å². The van der Waals surface area contributed by atoms with Gasteiger partial charge in [-0.3, -0.25) is 19.3 Å². The molecule has 27 heavy (non-hydrogen) atoms. The van der Waals surface area contributed by atoms with Crippen LogP contribution in [-0.4, -0.2) is 61.0 Å². The van der Waals surface area contributed by atoms with Crippen LogP contribution in [0.15, 0.2) is 23.2 Å². The Labute approximate surface area is 160 Å². The fourth-order valence-electron chi connectivity index (χ4n) is 2.67. The maximum Gasteiger partial charge on any atom is 0.352 e. The van der Waals surface area contributed by atoms with Crippen LogP contribution in [0.25, 0.3) is 5.57 Å².